The Kier molecular flexibility index (Phi) is 4.34. The normalized spacial score (nSPS) is 10.3. The highest BCUT2D eigenvalue weighted by molar-refractivity contribution is 9.10. The lowest BCUT2D eigenvalue weighted by atomic mass is 10.2. The summed E-state index contributed by atoms with van der Waals surface area (Å²) in [4.78, 5) is 0. The molecule has 3 N–H and O–H groups in total. The predicted molar refractivity (Wildman–Crippen MR) is 81.7 cm³/mol. The number of nitrogens with two attached hydrogens (primary N) is 1. The smallest absolute Gasteiger partial charge is 0.147 e. The molecule has 0 saturated carbocycles. The van der Waals surface area contributed by atoms with E-state index in [1.807, 2.05) is 0 Å². The minimum absolute atomic E-state index is 0.0966. The van der Waals surface area contributed by atoms with Crippen molar-refractivity contribution in [3.05, 3.63) is 56.5 Å². The number of amidine groups is 1. The van der Waals surface area contributed by atoms with Crippen molar-refractivity contribution in [3.63, 3.8) is 0 Å². The molecule has 0 fully saturated rings. The van der Waals surface area contributed by atoms with E-state index in [0.717, 1.165) is 0 Å². The minimum Gasteiger partial charge on any atom is -0.455 e. The highest BCUT2D eigenvalue weighted by Gasteiger charge is 2.13. The van der Waals surface area contributed by atoms with Crippen molar-refractivity contribution in [2.45, 2.75) is 0 Å². The summed E-state index contributed by atoms with van der Waals surface area (Å²) >= 11 is 15.3. The second kappa shape index (κ2) is 5.82. The summed E-state index contributed by atoms with van der Waals surface area (Å²) in [6.07, 6.45) is 0. The summed E-state index contributed by atoms with van der Waals surface area (Å²) in [5.41, 5.74) is 6.02. The molecule has 0 bridgehead atoms. The van der Waals surface area contributed by atoms with E-state index < -0.39 is 0 Å². The van der Waals surface area contributed by atoms with Gasteiger partial charge in [0, 0.05) is 4.47 Å². The van der Waals surface area contributed by atoms with Gasteiger partial charge in [-0.25, -0.2) is 0 Å². The fraction of sp³-hybridized carbons (Fsp3) is 0. The van der Waals surface area contributed by atoms with Crippen LogP contribution in [0.5, 0.6) is 11.5 Å². The molecule has 19 heavy (non-hydrogen) atoms. The topological polar surface area (TPSA) is 59.1 Å². The number of rotatable bonds is 3. The van der Waals surface area contributed by atoms with Gasteiger partial charge in [-0.1, -0.05) is 35.3 Å². The fourth-order valence-corrected chi connectivity index (χ4v) is 2.42. The minimum atomic E-state index is -0.0966. The van der Waals surface area contributed by atoms with E-state index in [-0.39, 0.29) is 5.84 Å². The molecule has 98 valence electrons. The summed E-state index contributed by atoms with van der Waals surface area (Å²) < 4.78 is 6.37. The van der Waals surface area contributed by atoms with Gasteiger partial charge in [0.1, 0.15) is 22.4 Å². The Morgan fingerprint density at radius 1 is 1.11 bits per heavy atom. The Hall–Kier alpha value is -1.23. The lowest BCUT2D eigenvalue weighted by Gasteiger charge is -2.13. The van der Waals surface area contributed by atoms with Gasteiger partial charge in [-0.2, -0.15) is 0 Å². The lowest BCUT2D eigenvalue weighted by molar-refractivity contribution is 0.481. The van der Waals surface area contributed by atoms with E-state index in [0.29, 0.717) is 31.6 Å². The molecule has 0 radical (unpaired) electrons. The van der Waals surface area contributed by atoms with Crippen molar-refractivity contribution in [1.29, 1.82) is 5.41 Å². The van der Waals surface area contributed by atoms with E-state index in [1.165, 1.54) is 0 Å². The van der Waals surface area contributed by atoms with Crippen LogP contribution in [0.4, 0.5) is 0 Å². The summed E-state index contributed by atoms with van der Waals surface area (Å²) in [6, 6.07) is 10.4. The molecule has 0 amide bonds. The first-order valence-corrected chi connectivity index (χ1v) is 6.80. The van der Waals surface area contributed by atoms with Gasteiger partial charge < -0.3 is 10.5 Å². The van der Waals surface area contributed by atoms with Gasteiger partial charge in [0.15, 0.2) is 0 Å². The van der Waals surface area contributed by atoms with Gasteiger partial charge in [-0.05, 0) is 40.2 Å². The molecule has 0 heterocycles. The molecule has 0 aliphatic heterocycles. The first-order chi connectivity index (χ1) is 9.00. The molecule has 6 heteroatoms. The third kappa shape index (κ3) is 3.03. The number of halogens is 3. The predicted octanol–water partition coefficient (Wildman–Crippen LogP) is 4.83. The quantitative estimate of drug-likeness (QED) is 0.608. The van der Waals surface area contributed by atoms with Crippen LogP contribution in [0.25, 0.3) is 0 Å². The summed E-state index contributed by atoms with van der Waals surface area (Å²) in [6.45, 7) is 0. The zero-order valence-corrected chi connectivity index (χ0v) is 12.7. The van der Waals surface area contributed by atoms with Crippen LogP contribution in [-0.2, 0) is 0 Å². The molecule has 0 aliphatic carbocycles. The van der Waals surface area contributed by atoms with Crippen molar-refractivity contribution in [1.82, 2.24) is 0 Å². The Bertz CT molecular complexity index is 647. The molecule has 0 unspecified atom stereocenters. The van der Waals surface area contributed by atoms with Crippen LogP contribution in [-0.4, -0.2) is 5.84 Å². The lowest BCUT2D eigenvalue weighted by Crippen LogP contribution is -2.13. The van der Waals surface area contributed by atoms with E-state index in [2.05, 4.69) is 15.9 Å². The van der Waals surface area contributed by atoms with Crippen LogP contribution in [0.3, 0.4) is 0 Å². The summed E-state index contributed by atoms with van der Waals surface area (Å²) in [7, 11) is 0. The molecular formula is C13H9BrCl2N2O. The number of hydrogen-bond acceptors (Lipinski definition) is 2. The van der Waals surface area contributed by atoms with E-state index in [9.17, 15) is 0 Å². The Morgan fingerprint density at radius 2 is 1.74 bits per heavy atom. The first kappa shape index (κ1) is 14.2. The van der Waals surface area contributed by atoms with Gasteiger partial charge in [0.05, 0.1) is 10.6 Å². The second-order valence-corrected chi connectivity index (χ2v) is 5.32. The Balaban J connectivity index is 2.47. The standard InChI is InChI=1S/C13H9BrCl2N2O/c14-7-3-1-5-9(11(7)13(17)18)19-10-6-2-4-8(15)12(10)16/h1-6H,(H3,17,18). The number of benzene rings is 2. The number of hydrogen-bond donors (Lipinski definition) is 2. The maximum Gasteiger partial charge on any atom is 0.147 e. The SMILES string of the molecule is N=C(N)c1c(Br)cccc1Oc1cccc(Cl)c1Cl. The molecule has 0 aliphatic rings. The fourth-order valence-electron chi connectivity index (χ4n) is 1.53. The van der Waals surface area contributed by atoms with E-state index >= 15 is 0 Å². The van der Waals surface area contributed by atoms with Crippen LogP contribution in [0.15, 0.2) is 40.9 Å². The third-order valence-electron chi connectivity index (χ3n) is 2.38. The van der Waals surface area contributed by atoms with Crippen LogP contribution in [0.1, 0.15) is 5.56 Å². The molecule has 0 aromatic heterocycles. The number of nitrogens with one attached hydrogen (secondary N) is 1. The Labute approximate surface area is 128 Å². The van der Waals surface area contributed by atoms with Crippen molar-refractivity contribution >= 4 is 45.0 Å². The molecule has 0 atom stereocenters. The average molecular weight is 360 g/mol. The molecule has 2 rings (SSSR count). The van der Waals surface area contributed by atoms with Gasteiger partial charge in [0.25, 0.3) is 0 Å². The van der Waals surface area contributed by atoms with E-state index in [4.69, 9.17) is 39.1 Å². The second-order valence-electron chi connectivity index (χ2n) is 3.68. The average Bonchev–Trinajstić information content (AvgIpc) is 2.34. The van der Waals surface area contributed by atoms with Crippen LogP contribution in [0, 0.1) is 5.41 Å². The zero-order chi connectivity index (χ0) is 14.0. The summed E-state index contributed by atoms with van der Waals surface area (Å²) in [5.74, 6) is 0.751. The van der Waals surface area contributed by atoms with Gasteiger partial charge in [-0.15, -0.1) is 0 Å². The maximum atomic E-state index is 7.59. The zero-order valence-electron chi connectivity index (χ0n) is 9.58. The van der Waals surface area contributed by atoms with Gasteiger partial charge in [-0.3, -0.25) is 5.41 Å². The van der Waals surface area contributed by atoms with Crippen molar-refractivity contribution in [2.75, 3.05) is 0 Å². The van der Waals surface area contributed by atoms with E-state index in [1.54, 1.807) is 36.4 Å². The first-order valence-electron chi connectivity index (χ1n) is 5.25. The third-order valence-corrected chi connectivity index (χ3v) is 3.84. The molecule has 0 saturated heterocycles. The summed E-state index contributed by atoms with van der Waals surface area (Å²) in [5, 5.41) is 8.31. The number of ether oxygens (including phenoxy) is 1. The monoisotopic (exact) mass is 358 g/mol. The molecule has 0 spiro atoms. The van der Waals surface area contributed by atoms with Crippen LogP contribution in [0.2, 0.25) is 10.0 Å². The highest BCUT2D eigenvalue weighted by Crippen LogP contribution is 2.37. The number of nitrogen functional groups attached to an aromatic ring is 1. The van der Waals surface area contributed by atoms with Gasteiger partial charge >= 0.3 is 0 Å². The molecular weight excluding hydrogens is 351 g/mol. The Morgan fingerprint density at radius 3 is 2.42 bits per heavy atom. The molecule has 3 nitrogen and oxygen atoms in total. The maximum absolute atomic E-state index is 7.59. The van der Waals surface area contributed by atoms with Crippen molar-refractivity contribution < 1.29 is 4.74 Å². The van der Waals surface area contributed by atoms with Crippen LogP contribution >= 0.6 is 39.1 Å². The van der Waals surface area contributed by atoms with Crippen molar-refractivity contribution in [3.8, 4) is 11.5 Å². The highest BCUT2D eigenvalue weighted by atomic mass is 79.9. The molecule has 2 aromatic carbocycles. The van der Waals surface area contributed by atoms with Crippen LogP contribution < -0.4 is 10.5 Å². The van der Waals surface area contributed by atoms with Crippen molar-refractivity contribution in [2.24, 2.45) is 5.73 Å². The van der Waals surface area contributed by atoms with Gasteiger partial charge in [0.2, 0.25) is 0 Å². The molecule has 2 aromatic rings. The largest absolute Gasteiger partial charge is 0.455 e.